The van der Waals surface area contributed by atoms with Crippen LogP contribution in [0, 0.1) is 31.7 Å². The Morgan fingerprint density at radius 3 is 2.17 bits per heavy atom. The molecule has 257 valence electrons. The zero-order valence-corrected chi connectivity index (χ0v) is 33.0. The Balaban J connectivity index is 0.000000279. The van der Waals surface area contributed by atoms with Crippen LogP contribution in [0.2, 0.25) is 0 Å². The number of ketones is 1. The number of hydrogen-bond acceptors (Lipinski definition) is 4. The first kappa shape index (κ1) is 37.5. The maximum atomic E-state index is 11.7. The van der Waals surface area contributed by atoms with Gasteiger partial charge in [0.05, 0.1) is 5.76 Å². The smallest absolute Gasteiger partial charge is 0.162 e. The number of aliphatic hydroxyl groups is 1. The summed E-state index contributed by atoms with van der Waals surface area (Å²) in [4.78, 5) is 16.7. The van der Waals surface area contributed by atoms with E-state index in [9.17, 15) is 9.90 Å². The van der Waals surface area contributed by atoms with Gasteiger partial charge in [0.15, 0.2) is 5.78 Å². The number of benzene rings is 3. The first-order chi connectivity index (χ1) is 22.2. The average Bonchev–Trinajstić information content (AvgIpc) is 3.39. The van der Waals surface area contributed by atoms with E-state index in [1.165, 1.54) is 39.1 Å². The van der Waals surface area contributed by atoms with Crippen molar-refractivity contribution in [3.05, 3.63) is 88.3 Å². The van der Waals surface area contributed by atoms with Crippen LogP contribution in [-0.2, 0) is 35.7 Å². The fourth-order valence-corrected chi connectivity index (χ4v) is 7.24. The van der Waals surface area contributed by atoms with Crippen LogP contribution in [0.25, 0.3) is 44.0 Å². The van der Waals surface area contributed by atoms with E-state index in [1.807, 2.05) is 33.9 Å². The third-order valence-corrected chi connectivity index (χ3v) is 10.3. The van der Waals surface area contributed by atoms with Crippen LogP contribution >= 0.6 is 0 Å². The second-order valence-corrected chi connectivity index (χ2v) is 15.0. The Kier molecular flexibility index (Phi) is 11.2. The van der Waals surface area contributed by atoms with Gasteiger partial charge in [0.25, 0.3) is 0 Å². The number of rotatable bonds is 7. The Morgan fingerprint density at radius 2 is 1.56 bits per heavy atom. The fraction of sp³-hybridized carbons (Fsp3) is 0.442. The summed E-state index contributed by atoms with van der Waals surface area (Å²) in [6, 6.07) is 17.3. The van der Waals surface area contributed by atoms with Crippen molar-refractivity contribution >= 4 is 38.5 Å². The Bertz CT molecular complexity index is 2000. The standard InChI is InChI=1S/C30H28NO.C13H24O2.Ir/c1-16-8-9-18-13-20-23(14-19(18)12-16)30(6,7)21-10-11-22(29(3,4)5)28-24(21)25-26(20)31-15-17(2)27(25)32-28;1-5-10(6-2)12(14)9-13(15)11(7-3)8-4;/h8-12,14-15H,1-7H3;9-11,14H,5-8H2,1-4H3;/q-1;;/b;12-9-;. The third kappa shape index (κ3) is 6.66. The number of fused-ring (bicyclic) bond motifs is 3. The number of nitrogens with zero attached hydrogens (tertiary/aromatic N) is 1. The largest absolute Gasteiger partial charge is 0.512 e. The fourth-order valence-electron chi connectivity index (χ4n) is 7.24. The summed E-state index contributed by atoms with van der Waals surface area (Å²) in [7, 11) is 0. The molecule has 1 aliphatic carbocycles. The van der Waals surface area contributed by atoms with Crippen LogP contribution in [0.1, 0.15) is 116 Å². The molecule has 0 aliphatic heterocycles. The normalized spacial score (nSPS) is 13.9. The van der Waals surface area contributed by atoms with Crippen LogP contribution < -0.4 is 0 Å². The summed E-state index contributed by atoms with van der Waals surface area (Å²) in [5.41, 5.74) is 9.94. The number of carbonyl (C=O) groups excluding carboxylic acids is 1. The molecule has 0 bridgehead atoms. The molecular weight excluding hydrogens is 771 g/mol. The van der Waals surface area contributed by atoms with Crippen LogP contribution in [0.3, 0.4) is 0 Å². The molecule has 0 saturated heterocycles. The molecule has 4 nitrogen and oxygen atoms in total. The van der Waals surface area contributed by atoms with E-state index in [1.54, 1.807) is 0 Å². The zero-order chi connectivity index (χ0) is 34.4. The monoisotopic (exact) mass is 823 g/mol. The summed E-state index contributed by atoms with van der Waals surface area (Å²) in [5.74, 6) is 0.547. The first-order valence-corrected chi connectivity index (χ1v) is 17.4. The molecule has 0 saturated carbocycles. The molecule has 2 aromatic heterocycles. The Morgan fingerprint density at radius 1 is 0.917 bits per heavy atom. The van der Waals surface area contributed by atoms with Crippen molar-refractivity contribution in [2.75, 3.05) is 0 Å². The number of furan rings is 1. The second-order valence-electron chi connectivity index (χ2n) is 15.0. The number of aryl methyl sites for hydroxylation is 2. The summed E-state index contributed by atoms with van der Waals surface area (Å²) in [5, 5.41) is 14.5. The van der Waals surface area contributed by atoms with Crippen LogP contribution in [0.4, 0.5) is 0 Å². The summed E-state index contributed by atoms with van der Waals surface area (Å²) < 4.78 is 6.66. The molecule has 5 aromatic rings. The molecule has 1 aliphatic rings. The van der Waals surface area contributed by atoms with Crippen LogP contribution in [0.15, 0.2) is 58.8 Å². The molecule has 48 heavy (non-hydrogen) atoms. The molecule has 0 fully saturated rings. The van der Waals surface area contributed by atoms with E-state index >= 15 is 0 Å². The van der Waals surface area contributed by atoms with Gasteiger partial charge in [-0.25, -0.2) is 0 Å². The maximum absolute atomic E-state index is 11.7. The number of aromatic nitrogens is 1. The zero-order valence-electron chi connectivity index (χ0n) is 30.6. The predicted molar refractivity (Wildman–Crippen MR) is 197 cm³/mol. The Hall–Kier alpha value is -3.27. The number of aliphatic hydroxyl groups excluding tert-OH is 1. The maximum Gasteiger partial charge on any atom is 0.162 e. The van der Waals surface area contributed by atoms with E-state index in [2.05, 4.69) is 90.9 Å². The SMILES string of the molecule is CCC(CC)C(=O)/C=C(\O)C(CC)CC.Cc1ccc2[c-]c3c(cc2c1)C(C)(C)c1ccc(C(C)(C)C)c2oc4c(C)cnc-3c4c12.[Ir]. The number of allylic oxidation sites excluding steroid dienone is 2. The molecule has 0 amide bonds. The summed E-state index contributed by atoms with van der Waals surface area (Å²) in [6.07, 6.45) is 6.86. The molecule has 0 unspecified atom stereocenters. The average molecular weight is 823 g/mol. The van der Waals surface area contributed by atoms with E-state index < -0.39 is 0 Å². The number of pyridine rings is 1. The number of hydrogen-bond donors (Lipinski definition) is 1. The van der Waals surface area contributed by atoms with Gasteiger partial charge in [0.1, 0.15) is 11.2 Å². The predicted octanol–water partition coefficient (Wildman–Crippen LogP) is 12.0. The van der Waals surface area contributed by atoms with Crippen molar-refractivity contribution in [3.8, 4) is 11.3 Å². The topological polar surface area (TPSA) is 63.3 Å². The molecule has 5 heteroatoms. The van der Waals surface area contributed by atoms with Crippen molar-refractivity contribution in [1.82, 2.24) is 4.98 Å². The molecule has 0 atom stereocenters. The minimum Gasteiger partial charge on any atom is -0.512 e. The molecule has 0 spiro atoms. The van der Waals surface area contributed by atoms with E-state index in [0.717, 1.165) is 64.4 Å². The van der Waals surface area contributed by atoms with Gasteiger partial charge in [-0.2, -0.15) is 0 Å². The van der Waals surface area contributed by atoms with E-state index in [0.29, 0.717) is 0 Å². The Labute approximate surface area is 300 Å². The summed E-state index contributed by atoms with van der Waals surface area (Å²) in [6.45, 7) is 23.7. The van der Waals surface area contributed by atoms with Gasteiger partial charge in [-0.3, -0.25) is 9.78 Å². The van der Waals surface area contributed by atoms with Crippen molar-refractivity contribution in [2.45, 2.75) is 113 Å². The van der Waals surface area contributed by atoms with Crippen molar-refractivity contribution in [2.24, 2.45) is 11.8 Å². The quantitative estimate of drug-likeness (QED) is 0.101. The van der Waals surface area contributed by atoms with Gasteiger partial charge in [0.2, 0.25) is 0 Å². The van der Waals surface area contributed by atoms with Gasteiger partial charge >= 0.3 is 0 Å². The molecule has 1 N–H and O–H groups in total. The summed E-state index contributed by atoms with van der Waals surface area (Å²) >= 11 is 0. The van der Waals surface area contributed by atoms with Crippen LogP contribution in [-0.4, -0.2) is 15.9 Å². The molecule has 2 heterocycles. The number of carbonyl (C=O) groups is 1. The van der Waals surface area contributed by atoms with Gasteiger partial charge in [-0.05, 0) is 55.9 Å². The second kappa shape index (κ2) is 14.3. The van der Waals surface area contributed by atoms with Crippen LogP contribution in [0.5, 0.6) is 0 Å². The minimum absolute atomic E-state index is 0. The van der Waals surface area contributed by atoms with E-state index in [-0.39, 0.29) is 54.3 Å². The van der Waals surface area contributed by atoms with E-state index in [4.69, 9.17) is 9.40 Å². The van der Waals surface area contributed by atoms with Gasteiger partial charge < -0.3 is 9.52 Å². The molecule has 1 radical (unpaired) electrons. The first-order valence-electron chi connectivity index (χ1n) is 17.4. The minimum atomic E-state index is -0.218. The third-order valence-electron chi connectivity index (χ3n) is 10.3. The van der Waals surface area contributed by atoms with Crippen molar-refractivity contribution in [3.63, 3.8) is 0 Å². The molecular formula is C43H52IrNO3-. The van der Waals surface area contributed by atoms with Gasteiger partial charge in [-0.1, -0.05) is 109 Å². The van der Waals surface area contributed by atoms with Gasteiger partial charge in [-0.15, -0.1) is 23.6 Å². The van der Waals surface area contributed by atoms with Crippen molar-refractivity contribution in [1.29, 1.82) is 0 Å². The van der Waals surface area contributed by atoms with Gasteiger partial charge in [0, 0.05) is 71.8 Å². The molecule has 6 rings (SSSR count). The van der Waals surface area contributed by atoms with Crippen molar-refractivity contribution < 1.29 is 34.4 Å². The molecule has 3 aromatic carbocycles.